The van der Waals surface area contributed by atoms with Gasteiger partial charge in [0.15, 0.2) is 12.4 Å². The Morgan fingerprint density at radius 2 is 2.00 bits per heavy atom. The van der Waals surface area contributed by atoms with Crippen molar-refractivity contribution in [2.24, 2.45) is 12.8 Å². The van der Waals surface area contributed by atoms with Crippen molar-refractivity contribution in [2.75, 3.05) is 13.2 Å². The Kier molecular flexibility index (Phi) is 5.56. The number of ether oxygens (including phenoxy) is 1. The lowest BCUT2D eigenvalue weighted by Gasteiger charge is -2.31. The zero-order chi connectivity index (χ0) is 15.3. The molecule has 0 aliphatic heterocycles. The van der Waals surface area contributed by atoms with Gasteiger partial charge in [-0.25, -0.2) is 0 Å². The molecule has 0 aromatic carbocycles. The second kappa shape index (κ2) is 6.74. The van der Waals surface area contributed by atoms with Crippen LogP contribution in [0.15, 0.2) is 0 Å². The highest BCUT2D eigenvalue weighted by Gasteiger charge is 2.26. The first-order valence-corrected chi connectivity index (χ1v) is 7.03. The van der Waals surface area contributed by atoms with Gasteiger partial charge in [0.05, 0.1) is 11.2 Å². The highest BCUT2D eigenvalue weighted by atomic mass is 16.5. The molecule has 0 fully saturated rings. The number of nitrogens with one attached hydrogen (secondary N) is 1. The number of carbonyl (C=O) groups excluding carboxylic acids is 1. The summed E-state index contributed by atoms with van der Waals surface area (Å²) in [6.07, 6.45) is 1.60. The molecule has 114 valence electrons. The van der Waals surface area contributed by atoms with Crippen molar-refractivity contribution >= 4 is 5.91 Å². The highest BCUT2D eigenvalue weighted by Crippen LogP contribution is 2.21. The van der Waals surface area contributed by atoms with Crippen molar-refractivity contribution in [1.82, 2.24) is 15.1 Å². The molecule has 0 aliphatic carbocycles. The average Bonchev–Trinajstić information content (AvgIpc) is 2.68. The normalized spacial score (nSPS) is 11.5. The van der Waals surface area contributed by atoms with Crippen molar-refractivity contribution in [1.29, 1.82) is 0 Å². The lowest BCUT2D eigenvalue weighted by molar-refractivity contribution is -0.125. The molecular formula is C14H26N4O2. The smallest absolute Gasteiger partial charge is 0.258 e. The molecular weight excluding hydrogens is 256 g/mol. The topological polar surface area (TPSA) is 82.2 Å². The zero-order valence-corrected chi connectivity index (χ0v) is 13.1. The maximum absolute atomic E-state index is 12.0. The van der Waals surface area contributed by atoms with Crippen LogP contribution in [0.4, 0.5) is 0 Å². The molecule has 0 radical (unpaired) electrons. The van der Waals surface area contributed by atoms with Crippen molar-refractivity contribution in [3.8, 4) is 5.75 Å². The van der Waals surface area contributed by atoms with Crippen LogP contribution < -0.4 is 15.8 Å². The maximum Gasteiger partial charge on any atom is 0.258 e. The summed E-state index contributed by atoms with van der Waals surface area (Å²) in [6.45, 7) is 8.23. The second-order valence-corrected chi connectivity index (χ2v) is 5.15. The van der Waals surface area contributed by atoms with Crippen LogP contribution in [0.2, 0.25) is 0 Å². The van der Waals surface area contributed by atoms with Crippen LogP contribution >= 0.6 is 0 Å². The summed E-state index contributed by atoms with van der Waals surface area (Å²) in [7, 11) is 1.85. The van der Waals surface area contributed by atoms with Crippen LogP contribution in [0.3, 0.4) is 0 Å². The molecule has 0 saturated carbocycles. The van der Waals surface area contributed by atoms with E-state index >= 15 is 0 Å². The van der Waals surface area contributed by atoms with Gasteiger partial charge in [-0.1, -0.05) is 13.8 Å². The number of amides is 1. The molecule has 0 bridgehead atoms. The Morgan fingerprint density at radius 3 is 2.40 bits per heavy atom. The summed E-state index contributed by atoms with van der Waals surface area (Å²) in [6, 6.07) is 0. The lowest BCUT2D eigenvalue weighted by Crippen LogP contribution is -2.54. The van der Waals surface area contributed by atoms with E-state index < -0.39 is 0 Å². The number of nitrogens with zero attached hydrogens (tertiary/aromatic N) is 2. The maximum atomic E-state index is 12.0. The van der Waals surface area contributed by atoms with Crippen molar-refractivity contribution in [3.63, 3.8) is 0 Å². The van der Waals surface area contributed by atoms with Gasteiger partial charge in [-0.15, -0.1) is 0 Å². The summed E-state index contributed by atoms with van der Waals surface area (Å²) >= 11 is 0. The standard InChI is InChI=1S/C14H26N4O2/c1-6-14(7-2,9-15)16-12(19)8-20-13-10(3)17-18(5)11(13)4/h6-9,15H2,1-5H3,(H,16,19). The highest BCUT2D eigenvalue weighted by molar-refractivity contribution is 5.78. The van der Waals surface area contributed by atoms with Gasteiger partial charge in [-0.2, -0.15) is 5.10 Å². The lowest BCUT2D eigenvalue weighted by atomic mass is 9.93. The van der Waals surface area contributed by atoms with E-state index in [0.717, 1.165) is 24.2 Å². The quantitative estimate of drug-likeness (QED) is 0.783. The first-order valence-electron chi connectivity index (χ1n) is 7.03. The van der Waals surface area contributed by atoms with Gasteiger partial charge in [0.2, 0.25) is 0 Å². The molecule has 1 aromatic heterocycles. The third-order valence-corrected chi connectivity index (χ3v) is 3.94. The van der Waals surface area contributed by atoms with Crippen LogP contribution in [-0.2, 0) is 11.8 Å². The van der Waals surface area contributed by atoms with Crippen molar-refractivity contribution in [2.45, 2.75) is 46.1 Å². The molecule has 1 rings (SSSR count). The third-order valence-electron chi connectivity index (χ3n) is 3.94. The Labute approximate surface area is 120 Å². The van der Waals surface area contributed by atoms with Gasteiger partial charge >= 0.3 is 0 Å². The third kappa shape index (κ3) is 3.50. The fraction of sp³-hybridized carbons (Fsp3) is 0.714. The monoisotopic (exact) mass is 282 g/mol. The summed E-state index contributed by atoms with van der Waals surface area (Å²) in [5, 5.41) is 7.23. The predicted molar refractivity (Wildman–Crippen MR) is 78.7 cm³/mol. The summed E-state index contributed by atoms with van der Waals surface area (Å²) in [5.74, 6) is 0.524. The Bertz CT molecular complexity index is 456. The Morgan fingerprint density at radius 1 is 1.40 bits per heavy atom. The Hall–Kier alpha value is -1.56. The number of aromatic nitrogens is 2. The average molecular weight is 282 g/mol. The largest absolute Gasteiger partial charge is 0.480 e. The molecule has 0 saturated heterocycles. The van der Waals surface area contributed by atoms with Gasteiger partial charge in [0.25, 0.3) is 5.91 Å². The minimum absolute atomic E-state index is 0.0187. The molecule has 0 spiro atoms. The molecule has 6 heteroatoms. The van der Waals surface area contributed by atoms with Crippen LogP contribution in [0.1, 0.15) is 38.1 Å². The molecule has 3 N–H and O–H groups in total. The molecule has 0 aliphatic rings. The fourth-order valence-corrected chi connectivity index (χ4v) is 2.20. The zero-order valence-electron chi connectivity index (χ0n) is 13.1. The van der Waals surface area contributed by atoms with Crippen LogP contribution in [0.25, 0.3) is 0 Å². The van der Waals surface area contributed by atoms with Crippen LogP contribution in [-0.4, -0.2) is 34.4 Å². The number of nitrogens with two attached hydrogens (primary N) is 1. The molecule has 0 atom stereocenters. The minimum atomic E-state index is -0.334. The van der Waals surface area contributed by atoms with E-state index in [1.165, 1.54) is 0 Å². The van der Waals surface area contributed by atoms with Gasteiger partial charge in [0.1, 0.15) is 5.69 Å². The molecule has 0 unspecified atom stereocenters. The fourth-order valence-electron chi connectivity index (χ4n) is 2.20. The first-order chi connectivity index (χ1) is 9.39. The minimum Gasteiger partial charge on any atom is -0.480 e. The van der Waals surface area contributed by atoms with Gasteiger partial charge < -0.3 is 15.8 Å². The molecule has 6 nitrogen and oxygen atoms in total. The van der Waals surface area contributed by atoms with E-state index in [4.69, 9.17) is 10.5 Å². The van der Waals surface area contributed by atoms with E-state index in [2.05, 4.69) is 10.4 Å². The molecule has 20 heavy (non-hydrogen) atoms. The first kappa shape index (κ1) is 16.5. The molecule has 1 heterocycles. The Balaban J connectivity index is 2.64. The van der Waals surface area contributed by atoms with Crippen molar-refractivity contribution < 1.29 is 9.53 Å². The molecule has 1 amide bonds. The van der Waals surface area contributed by atoms with E-state index in [9.17, 15) is 4.79 Å². The van der Waals surface area contributed by atoms with Crippen molar-refractivity contribution in [3.05, 3.63) is 11.4 Å². The van der Waals surface area contributed by atoms with Crippen LogP contribution in [0, 0.1) is 13.8 Å². The predicted octanol–water partition coefficient (Wildman–Crippen LogP) is 1.05. The number of aryl methyl sites for hydroxylation is 2. The SMILES string of the molecule is CCC(CC)(CN)NC(=O)COc1c(C)nn(C)c1C. The number of hydrogen-bond acceptors (Lipinski definition) is 4. The van der Waals surface area contributed by atoms with Gasteiger partial charge in [-0.05, 0) is 26.7 Å². The number of carbonyl (C=O) groups is 1. The van der Waals surface area contributed by atoms with Gasteiger partial charge in [-0.3, -0.25) is 9.48 Å². The summed E-state index contributed by atoms with van der Waals surface area (Å²) < 4.78 is 7.33. The van der Waals surface area contributed by atoms with E-state index in [-0.39, 0.29) is 18.1 Å². The van der Waals surface area contributed by atoms with E-state index in [1.807, 2.05) is 34.7 Å². The summed E-state index contributed by atoms with van der Waals surface area (Å²) in [5.41, 5.74) is 7.13. The number of rotatable bonds is 7. The van der Waals surface area contributed by atoms with Gasteiger partial charge in [0, 0.05) is 13.6 Å². The van der Waals surface area contributed by atoms with E-state index in [0.29, 0.717) is 12.3 Å². The molecule has 1 aromatic rings. The summed E-state index contributed by atoms with van der Waals surface area (Å²) in [4.78, 5) is 12.0. The second-order valence-electron chi connectivity index (χ2n) is 5.15. The van der Waals surface area contributed by atoms with Crippen LogP contribution in [0.5, 0.6) is 5.75 Å². The van der Waals surface area contributed by atoms with E-state index in [1.54, 1.807) is 4.68 Å². The number of hydrogen-bond donors (Lipinski definition) is 2.